The molecular formula is C22H30ClN5O. The highest BCUT2D eigenvalue weighted by Gasteiger charge is 2.48. The second-order valence-electron chi connectivity index (χ2n) is 8.60. The van der Waals surface area contributed by atoms with Gasteiger partial charge in [-0.2, -0.15) is 0 Å². The van der Waals surface area contributed by atoms with Crippen molar-refractivity contribution in [3.05, 3.63) is 59.1 Å². The maximum Gasteiger partial charge on any atom is 0.146 e. The van der Waals surface area contributed by atoms with Crippen molar-refractivity contribution in [2.24, 2.45) is 11.5 Å². The van der Waals surface area contributed by atoms with Crippen LogP contribution < -0.4 is 16.8 Å². The van der Waals surface area contributed by atoms with E-state index in [4.69, 9.17) is 32.8 Å². The summed E-state index contributed by atoms with van der Waals surface area (Å²) in [6, 6.07) is 7.93. The van der Waals surface area contributed by atoms with Gasteiger partial charge in [0.2, 0.25) is 0 Å². The van der Waals surface area contributed by atoms with Crippen molar-refractivity contribution in [3.63, 3.8) is 0 Å². The molecule has 156 valence electrons. The van der Waals surface area contributed by atoms with E-state index in [-0.39, 0.29) is 11.0 Å². The molecule has 0 radical (unpaired) electrons. The third-order valence-electron chi connectivity index (χ3n) is 6.58. The molecule has 4 rings (SSSR count). The lowest BCUT2D eigenvalue weighted by atomic mass is 9.68. The topological polar surface area (TPSA) is 99.1 Å². The molecule has 2 aromatic heterocycles. The van der Waals surface area contributed by atoms with Gasteiger partial charge in [0.25, 0.3) is 0 Å². The molecular weight excluding hydrogens is 386 g/mol. The van der Waals surface area contributed by atoms with Crippen LogP contribution in [0.3, 0.4) is 0 Å². The van der Waals surface area contributed by atoms with Crippen molar-refractivity contribution in [2.75, 3.05) is 13.2 Å². The molecule has 0 bridgehead atoms. The van der Waals surface area contributed by atoms with Gasteiger partial charge in [-0.1, -0.05) is 30.5 Å². The predicted octanol–water partition coefficient (Wildman–Crippen LogP) is 3.20. The summed E-state index contributed by atoms with van der Waals surface area (Å²) in [7, 11) is 0. The molecule has 7 heteroatoms. The van der Waals surface area contributed by atoms with E-state index in [0.29, 0.717) is 17.1 Å². The number of hydrogen-bond donors (Lipinski definition) is 3. The summed E-state index contributed by atoms with van der Waals surface area (Å²) < 4.78 is 6.31. The molecule has 1 saturated carbocycles. The first-order valence-corrected chi connectivity index (χ1v) is 10.8. The average molecular weight is 416 g/mol. The summed E-state index contributed by atoms with van der Waals surface area (Å²) in [5.74, 6) is -1.20. The van der Waals surface area contributed by atoms with Crippen LogP contribution in [0.4, 0.5) is 0 Å². The molecule has 1 spiro atoms. The first kappa shape index (κ1) is 20.7. The van der Waals surface area contributed by atoms with Gasteiger partial charge in [0.15, 0.2) is 0 Å². The average Bonchev–Trinajstić information content (AvgIpc) is 3.16. The van der Waals surface area contributed by atoms with Gasteiger partial charge < -0.3 is 4.74 Å². The van der Waals surface area contributed by atoms with Crippen LogP contribution in [0.2, 0.25) is 5.02 Å². The minimum atomic E-state index is -1.20. The largest absolute Gasteiger partial charge is 0.375 e. The Morgan fingerprint density at radius 2 is 2.00 bits per heavy atom. The lowest BCUT2D eigenvalue weighted by molar-refractivity contribution is -0.104. The fraction of sp³-hybridized carbons (Fsp3) is 0.545. The zero-order valence-corrected chi connectivity index (χ0v) is 17.5. The van der Waals surface area contributed by atoms with Gasteiger partial charge in [0, 0.05) is 41.9 Å². The molecule has 5 N–H and O–H groups in total. The van der Waals surface area contributed by atoms with Crippen LogP contribution >= 0.6 is 11.6 Å². The highest BCUT2D eigenvalue weighted by molar-refractivity contribution is 6.30. The highest BCUT2D eigenvalue weighted by Crippen LogP contribution is 2.49. The summed E-state index contributed by atoms with van der Waals surface area (Å²) in [5, 5.41) is 3.83. The van der Waals surface area contributed by atoms with E-state index in [9.17, 15) is 0 Å². The van der Waals surface area contributed by atoms with Crippen molar-refractivity contribution >= 4 is 11.6 Å². The van der Waals surface area contributed by atoms with Crippen LogP contribution in [0, 0.1) is 0 Å². The summed E-state index contributed by atoms with van der Waals surface area (Å²) in [5.41, 5.74) is 14.5. The number of nitrogens with one attached hydrogen (secondary N) is 1. The Balaban J connectivity index is 1.52. The minimum absolute atomic E-state index is 0.00480. The Morgan fingerprint density at radius 3 is 2.72 bits per heavy atom. The number of rotatable bonds is 6. The number of halogens is 1. The highest BCUT2D eigenvalue weighted by atomic mass is 35.5. The summed E-state index contributed by atoms with van der Waals surface area (Å²) in [4.78, 5) is 8.84. The number of pyridine rings is 2. The Bertz CT molecular complexity index is 825. The fourth-order valence-electron chi connectivity index (χ4n) is 5.04. The van der Waals surface area contributed by atoms with E-state index in [2.05, 4.69) is 22.4 Å². The molecule has 2 fully saturated rings. The van der Waals surface area contributed by atoms with Crippen LogP contribution in [0.25, 0.3) is 0 Å². The first-order valence-electron chi connectivity index (χ1n) is 10.4. The van der Waals surface area contributed by atoms with Crippen LogP contribution in [-0.4, -0.2) is 28.7 Å². The zero-order valence-electron chi connectivity index (χ0n) is 16.7. The summed E-state index contributed by atoms with van der Waals surface area (Å²) in [6.45, 7) is 1.43. The summed E-state index contributed by atoms with van der Waals surface area (Å²) >= 11 is 6.05. The van der Waals surface area contributed by atoms with Crippen molar-refractivity contribution in [2.45, 2.75) is 61.7 Å². The standard InChI is InChI=1S/C22H30ClN5O/c23-18-13-17(14-26-15-18)22(24,25)28-11-8-20(19-5-1-4-10-27-19)9-12-29-21(16-20)6-2-3-7-21/h1,4-5,10,13-15,28H,2-3,6-9,11-12,16,24-25H2. The van der Waals surface area contributed by atoms with Gasteiger partial charge in [0.1, 0.15) is 5.79 Å². The van der Waals surface area contributed by atoms with E-state index >= 15 is 0 Å². The molecule has 2 aliphatic rings. The number of nitrogens with two attached hydrogens (primary N) is 2. The molecule has 1 saturated heterocycles. The number of aromatic nitrogens is 2. The lowest BCUT2D eigenvalue weighted by Gasteiger charge is -2.46. The maximum atomic E-state index is 6.35. The molecule has 0 aromatic carbocycles. The smallest absolute Gasteiger partial charge is 0.146 e. The maximum absolute atomic E-state index is 6.35. The van der Waals surface area contributed by atoms with Crippen molar-refractivity contribution < 1.29 is 4.74 Å². The molecule has 0 amide bonds. The van der Waals surface area contributed by atoms with Crippen LogP contribution in [-0.2, 0) is 15.9 Å². The quantitative estimate of drug-likeness (QED) is 0.626. The first-order chi connectivity index (χ1) is 13.9. The Labute approximate surface area is 177 Å². The monoisotopic (exact) mass is 415 g/mol. The zero-order chi connectivity index (χ0) is 20.4. The number of nitrogens with zero attached hydrogens (tertiary/aromatic N) is 2. The molecule has 2 aromatic rings. The van der Waals surface area contributed by atoms with E-state index in [1.54, 1.807) is 18.5 Å². The molecule has 29 heavy (non-hydrogen) atoms. The summed E-state index contributed by atoms with van der Waals surface area (Å²) in [6.07, 6.45) is 12.7. The number of ether oxygens (including phenoxy) is 1. The third-order valence-corrected chi connectivity index (χ3v) is 6.78. The molecule has 1 aliphatic heterocycles. The SMILES string of the molecule is NC(N)(NCCC1(c2ccccn2)CCOC2(CCCC2)C1)c1cncc(Cl)c1. The predicted molar refractivity (Wildman–Crippen MR) is 114 cm³/mol. The van der Waals surface area contributed by atoms with E-state index in [0.717, 1.165) is 44.4 Å². The van der Waals surface area contributed by atoms with E-state index in [1.165, 1.54) is 12.8 Å². The van der Waals surface area contributed by atoms with Crippen molar-refractivity contribution in [1.82, 2.24) is 15.3 Å². The van der Waals surface area contributed by atoms with Crippen molar-refractivity contribution in [3.8, 4) is 0 Å². The molecule has 6 nitrogen and oxygen atoms in total. The van der Waals surface area contributed by atoms with Crippen LogP contribution in [0.5, 0.6) is 0 Å². The van der Waals surface area contributed by atoms with Gasteiger partial charge in [-0.3, -0.25) is 26.8 Å². The Kier molecular flexibility index (Phi) is 5.91. The van der Waals surface area contributed by atoms with Gasteiger partial charge >= 0.3 is 0 Å². The van der Waals surface area contributed by atoms with Gasteiger partial charge in [-0.05, 0) is 56.8 Å². The second-order valence-corrected chi connectivity index (χ2v) is 9.03. The van der Waals surface area contributed by atoms with Gasteiger partial charge in [-0.25, -0.2) is 0 Å². The van der Waals surface area contributed by atoms with E-state index in [1.807, 2.05) is 12.3 Å². The fourth-order valence-corrected chi connectivity index (χ4v) is 5.22. The molecule has 1 unspecified atom stereocenters. The number of hydrogen-bond acceptors (Lipinski definition) is 6. The molecule has 1 aliphatic carbocycles. The normalized spacial score (nSPS) is 24.1. The van der Waals surface area contributed by atoms with Crippen LogP contribution in [0.1, 0.15) is 56.2 Å². The third kappa shape index (κ3) is 4.47. The van der Waals surface area contributed by atoms with Gasteiger partial charge in [0.05, 0.1) is 10.6 Å². The Morgan fingerprint density at radius 1 is 1.17 bits per heavy atom. The van der Waals surface area contributed by atoms with E-state index < -0.39 is 5.79 Å². The lowest BCUT2D eigenvalue weighted by Crippen LogP contribution is -2.59. The van der Waals surface area contributed by atoms with Crippen molar-refractivity contribution in [1.29, 1.82) is 0 Å². The molecule has 1 atom stereocenters. The Hall–Kier alpha value is -1.57. The van der Waals surface area contributed by atoms with Gasteiger partial charge in [-0.15, -0.1) is 0 Å². The second kappa shape index (κ2) is 8.28. The van der Waals surface area contributed by atoms with Crippen LogP contribution in [0.15, 0.2) is 42.9 Å². The minimum Gasteiger partial charge on any atom is -0.375 e. The molecule has 3 heterocycles.